The second kappa shape index (κ2) is 10.2. The van der Waals surface area contributed by atoms with Gasteiger partial charge in [-0.05, 0) is 67.4 Å². The summed E-state index contributed by atoms with van der Waals surface area (Å²) in [6.07, 6.45) is 0.625. The first-order valence-corrected chi connectivity index (χ1v) is 11.1. The molecule has 1 heterocycles. The molecule has 170 valence electrons. The van der Waals surface area contributed by atoms with Crippen LogP contribution in [-0.2, 0) is 13.0 Å². The fourth-order valence-electron chi connectivity index (χ4n) is 3.81. The Morgan fingerprint density at radius 1 is 1.03 bits per heavy atom. The normalized spacial score (nSPS) is 10.9. The van der Waals surface area contributed by atoms with Crippen molar-refractivity contribution in [1.29, 1.82) is 0 Å². The maximum absolute atomic E-state index is 12.5. The molecule has 0 saturated carbocycles. The van der Waals surface area contributed by atoms with Crippen molar-refractivity contribution in [2.24, 2.45) is 0 Å². The number of ether oxygens (including phenoxy) is 2. The summed E-state index contributed by atoms with van der Waals surface area (Å²) < 4.78 is 13.4. The number of rotatable bonds is 9. The summed E-state index contributed by atoms with van der Waals surface area (Å²) in [6.45, 7) is 5.82. The van der Waals surface area contributed by atoms with Crippen molar-refractivity contribution in [3.05, 3.63) is 89.2 Å². The Morgan fingerprint density at radius 2 is 1.82 bits per heavy atom. The molecule has 0 unspecified atom stereocenters. The molecule has 33 heavy (non-hydrogen) atoms. The number of fused-ring (bicyclic) bond motifs is 1. The van der Waals surface area contributed by atoms with Gasteiger partial charge in [0, 0.05) is 18.5 Å². The Balaban J connectivity index is 1.42. The first-order chi connectivity index (χ1) is 16.0. The van der Waals surface area contributed by atoms with E-state index in [1.807, 2.05) is 18.2 Å². The van der Waals surface area contributed by atoms with Crippen LogP contribution >= 0.6 is 0 Å². The van der Waals surface area contributed by atoms with Crippen LogP contribution in [0.5, 0.6) is 11.5 Å². The van der Waals surface area contributed by atoms with Crippen molar-refractivity contribution in [2.45, 2.75) is 26.8 Å². The van der Waals surface area contributed by atoms with Crippen molar-refractivity contribution in [3.8, 4) is 11.5 Å². The number of nitrogens with zero attached hydrogens (tertiary/aromatic N) is 2. The highest BCUT2D eigenvalue weighted by Crippen LogP contribution is 2.20. The number of hydrogen-bond acceptors (Lipinski definition) is 4. The number of nitrogens with one attached hydrogen (secondary N) is 1. The van der Waals surface area contributed by atoms with Gasteiger partial charge in [-0.15, -0.1) is 0 Å². The van der Waals surface area contributed by atoms with E-state index in [-0.39, 0.29) is 5.91 Å². The number of para-hydroxylation sites is 2. The molecule has 0 aliphatic rings. The van der Waals surface area contributed by atoms with E-state index in [1.54, 1.807) is 31.4 Å². The number of imidazole rings is 1. The van der Waals surface area contributed by atoms with Gasteiger partial charge in [-0.1, -0.05) is 24.3 Å². The maximum atomic E-state index is 12.5. The zero-order valence-corrected chi connectivity index (χ0v) is 19.3. The van der Waals surface area contributed by atoms with Crippen LogP contribution in [0.4, 0.5) is 0 Å². The van der Waals surface area contributed by atoms with Gasteiger partial charge >= 0.3 is 0 Å². The molecule has 1 aromatic heterocycles. The van der Waals surface area contributed by atoms with Crippen molar-refractivity contribution < 1.29 is 14.3 Å². The molecular weight excluding hydrogens is 414 g/mol. The van der Waals surface area contributed by atoms with Crippen LogP contribution in [0.25, 0.3) is 11.0 Å². The van der Waals surface area contributed by atoms with Crippen molar-refractivity contribution in [1.82, 2.24) is 14.9 Å². The molecule has 4 aromatic rings. The van der Waals surface area contributed by atoms with Crippen LogP contribution in [0.3, 0.4) is 0 Å². The predicted octanol–water partition coefficient (Wildman–Crippen LogP) is 4.71. The molecule has 6 nitrogen and oxygen atoms in total. The average Bonchev–Trinajstić information content (AvgIpc) is 3.18. The standard InChI is InChI=1S/C27H29N3O3/c1-19-8-9-20(2)25(18-19)33-17-16-30-24-7-5-4-6-23(24)29-26(30)14-15-28-27(31)21-10-12-22(32-3)13-11-21/h4-13,18H,14-17H2,1-3H3,(H,28,31). The molecule has 0 atom stereocenters. The zero-order valence-electron chi connectivity index (χ0n) is 19.3. The second-order valence-corrected chi connectivity index (χ2v) is 8.02. The number of amides is 1. The molecule has 0 aliphatic heterocycles. The summed E-state index contributed by atoms with van der Waals surface area (Å²) in [6, 6.07) is 21.4. The van der Waals surface area contributed by atoms with E-state index in [4.69, 9.17) is 14.5 Å². The summed E-state index contributed by atoms with van der Waals surface area (Å²) in [4.78, 5) is 17.3. The van der Waals surface area contributed by atoms with E-state index in [2.05, 4.69) is 48.0 Å². The minimum absolute atomic E-state index is 0.112. The number of benzene rings is 3. The van der Waals surface area contributed by atoms with Crippen molar-refractivity contribution in [3.63, 3.8) is 0 Å². The third-order valence-electron chi connectivity index (χ3n) is 5.64. The molecule has 4 rings (SSSR count). The van der Waals surface area contributed by atoms with Gasteiger partial charge in [-0.3, -0.25) is 4.79 Å². The lowest BCUT2D eigenvalue weighted by Crippen LogP contribution is -2.26. The topological polar surface area (TPSA) is 65.4 Å². The lowest BCUT2D eigenvalue weighted by Gasteiger charge is -2.13. The highest BCUT2D eigenvalue weighted by molar-refractivity contribution is 5.94. The molecule has 0 fully saturated rings. The van der Waals surface area contributed by atoms with Gasteiger partial charge in [0.15, 0.2) is 0 Å². The van der Waals surface area contributed by atoms with E-state index in [9.17, 15) is 4.79 Å². The van der Waals surface area contributed by atoms with Gasteiger partial charge < -0.3 is 19.4 Å². The lowest BCUT2D eigenvalue weighted by atomic mass is 10.1. The number of carbonyl (C=O) groups excluding carboxylic acids is 1. The molecule has 1 amide bonds. The first-order valence-electron chi connectivity index (χ1n) is 11.1. The molecule has 0 saturated heterocycles. The number of aryl methyl sites for hydroxylation is 2. The summed E-state index contributed by atoms with van der Waals surface area (Å²) in [5, 5.41) is 2.99. The summed E-state index contributed by atoms with van der Waals surface area (Å²) >= 11 is 0. The Labute approximate surface area is 194 Å². The number of hydrogen-bond donors (Lipinski definition) is 1. The van der Waals surface area contributed by atoms with Gasteiger partial charge in [-0.25, -0.2) is 4.98 Å². The Kier molecular flexibility index (Phi) is 6.93. The van der Waals surface area contributed by atoms with Gasteiger partial charge in [0.25, 0.3) is 5.91 Å². The quantitative estimate of drug-likeness (QED) is 0.407. The fourth-order valence-corrected chi connectivity index (χ4v) is 3.81. The van der Waals surface area contributed by atoms with Gasteiger partial charge in [0.05, 0.1) is 24.7 Å². The first kappa shape index (κ1) is 22.4. The number of aromatic nitrogens is 2. The second-order valence-electron chi connectivity index (χ2n) is 8.02. The molecule has 3 aromatic carbocycles. The molecule has 6 heteroatoms. The molecule has 0 bridgehead atoms. The van der Waals surface area contributed by atoms with Crippen LogP contribution in [-0.4, -0.2) is 35.7 Å². The summed E-state index contributed by atoms with van der Waals surface area (Å²) in [5.74, 6) is 2.45. The summed E-state index contributed by atoms with van der Waals surface area (Å²) in [7, 11) is 1.61. The lowest BCUT2D eigenvalue weighted by molar-refractivity contribution is 0.0954. The van der Waals surface area contributed by atoms with Crippen molar-refractivity contribution >= 4 is 16.9 Å². The highest BCUT2D eigenvalue weighted by atomic mass is 16.5. The van der Waals surface area contributed by atoms with Crippen LogP contribution in [0.1, 0.15) is 27.3 Å². The highest BCUT2D eigenvalue weighted by Gasteiger charge is 2.12. The van der Waals surface area contributed by atoms with E-state index in [0.717, 1.165) is 33.9 Å². The maximum Gasteiger partial charge on any atom is 0.251 e. The van der Waals surface area contributed by atoms with Crippen molar-refractivity contribution in [2.75, 3.05) is 20.3 Å². The molecule has 1 N–H and O–H groups in total. The molecule has 0 radical (unpaired) electrons. The van der Waals surface area contributed by atoms with Crippen LogP contribution < -0.4 is 14.8 Å². The number of carbonyl (C=O) groups is 1. The van der Waals surface area contributed by atoms with Crippen LogP contribution in [0.15, 0.2) is 66.7 Å². The molecule has 0 aliphatic carbocycles. The van der Waals surface area contributed by atoms with Gasteiger partial charge in [-0.2, -0.15) is 0 Å². The monoisotopic (exact) mass is 443 g/mol. The Bertz CT molecular complexity index is 1250. The number of methoxy groups -OCH3 is 1. The molecule has 0 spiro atoms. The third kappa shape index (κ3) is 5.34. The SMILES string of the molecule is COc1ccc(C(=O)NCCc2nc3ccccc3n2CCOc2cc(C)ccc2C)cc1. The minimum Gasteiger partial charge on any atom is -0.497 e. The largest absolute Gasteiger partial charge is 0.497 e. The van der Waals surface area contributed by atoms with Crippen LogP contribution in [0.2, 0.25) is 0 Å². The average molecular weight is 444 g/mol. The predicted molar refractivity (Wildman–Crippen MR) is 130 cm³/mol. The van der Waals surface area contributed by atoms with Gasteiger partial charge in [0.1, 0.15) is 23.9 Å². The minimum atomic E-state index is -0.112. The van der Waals surface area contributed by atoms with Gasteiger partial charge in [0.2, 0.25) is 0 Å². The van der Waals surface area contributed by atoms with E-state index in [1.165, 1.54) is 5.56 Å². The van der Waals surface area contributed by atoms with E-state index in [0.29, 0.717) is 31.7 Å². The Morgan fingerprint density at radius 3 is 2.61 bits per heavy atom. The summed E-state index contributed by atoms with van der Waals surface area (Å²) in [5.41, 5.74) is 4.92. The van der Waals surface area contributed by atoms with Crippen LogP contribution in [0, 0.1) is 13.8 Å². The zero-order chi connectivity index (χ0) is 23.2. The van der Waals surface area contributed by atoms with E-state index >= 15 is 0 Å². The Hall–Kier alpha value is -3.80. The van der Waals surface area contributed by atoms with E-state index < -0.39 is 0 Å². The molecular formula is C27H29N3O3. The smallest absolute Gasteiger partial charge is 0.251 e. The fraction of sp³-hybridized carbons (Fsp3) is 0.259. The third-order valence-corrected chi connectivity index (χ3v) is 5.64.